The van der Waals surface area contributed by atoms with Crippen LogP contribution in [-0.2, 0) is 6.18 Å². The molecule has 0 unspecified atom stereocenters. The van der Waals surface area contributed by atoms with E-state index >= 15 is 0 Å². The molecule has 0 aliphatic carbocycles. The third kappa shape index (κ3) is 6.13. The topological polar surface area (TPSA) is 145 Å². The lowest BCUT2D eigenvalue weighted by atomic mass is 10.1. The number of nitrogens with one attached hydrogen (secondary N) is 4. The summed E-state index contributed by atoms with van der Waals surface area (Å²) in [5.74, 6) is -0.109. The van der Waals surface area contributed by atoms with E-state index in [2.05, 4.69) is 36.1 Å². The average molecular weight is 532 g/mol. The number of carbonyl (C=O) groups excluding carboxylic acids is 1. The van der Waals surface area contributed by atoms with Crippen molar-refractivity contribution in [2.45, 2.75) is 13.1 Å². The van der Waals surface area contributed by atoms with E-state index in [-0.39, 0.29) is 11.4 Å². The SMILES string of the molecule is Cc1cc(NC(=O)Nc2ccc(Cl)c(C(F)(F)F)c2)ccc1-c1nccc(Nc2cc(C(=O)O)n[nH]2)n1. The number of carbonyl (C=O) groups is 2. The number of amides is 2. The number of aryl methyl sites for hydroxylation is 1. The lowest BCUT2D eigenvalue weighted by Crippen LogP contribution is -2.20. The maximum absolute atomic E-state index is 13.0. The molecule has 2 amide bonds. The summed E-state index contributed by atoms with van der Waals surface area (Å²) >= 11 is 5.60. The van der Waals surface area contributed by atoms with E-state index in [9.17, 15) is 22.8 Å². The van der Waals surface area contributed by atoms with Crippen molar-refractivity contribution in [1.29, 1.82) is 0 Å². The second-order valence-electron chi connectivity index (χ2n) is 7.66. The first kappa shape index (κ1) is 25.4. The molecule has 2 heterocycles. The summed E-state index contributed by atoms with van der Waals surface area (Å²) in [4.78, 5) is 32.0. The molecular weight excluding hydrogens is 515 g/mol. The lowest BCUT2D eigenvalue weighted by Gasteiger charge is -2.13. The molecule has 0 saturated heterocycles. The fraction of sp³-hybridized carbons (Fsp3) is 0.0870. The quantitative estimate of drug-likeness (QED) is 0.207. The third-order valence-electron chi connectivity index (χ3n) is 4.97. The van der Waals surface area contributed by atoms with Crippen molar-refractivity contribution >= 4 is 46.6 Å². The van der Waals surface area contributed by atoms with E-state index in [1.165, 1.54) is 18.3 Å². The Morgan fingerprint density at radius 3 is 2.38 bits per heavy atom. The first-order valence-electron chi connectivity index (χ1n) is 10.4. The van der Waals surface area contributed by atoms with E-state index in [0.717, 1.165) is 12.1 Å². The van der Waals surface area contributed by atoms with E-state index in [4.69, 9.17) is 16.7 Å². The van der Waals surface area contributed by atoms with Crippen LogP contribution in [0.4, 0.5) is 41.0 Å². The third-order valence-corrected chi connectivity index (χ3v) is 5.30. The normalized spacial score (nSPS) is 11.2. The summed E-state index contributed by atoms with van der Waals surface area (Å²) in [6.45, 7) is 1.77. The summed E-state index contributed by atoms with van der Waals surface area (Å²) < 4.78 is 39.1. The van der Waals surface area contributed by atoms with Gasteiger partial charge in [-0.15, -0.1) is 0 Å². The average Bonchev–Trinajstić information content (AvgIpc) is 3.29. The largest absolute Gasteiger partial charge is 0.476 e. The van der Waals surface area contributed by atoms with Crippen LogP contribution in [0, 0.1) is 6.92 Å². The van der Waals surface area contributed by atoms with Gasteiger partial charge in [0.05, 0.1) is 10.6 Å². The molecule has 190 valence electrons. The Kier molecular flexibility index (Phi) is 6.98. The minimum absolute atomic E-state index is 0.0759. The van der Waals surface area contributed by atoms with Gasteiger partial charge in [-0.25, -0.2) is 19.6 Å². The number of benzene rings is 2. The molecule has 2 aromatic carbocycles. The highest BCUT2D eigenvalue weighted by atomic mass is 35.5. The highest BCUT2D eigenvalue weighted by Crippen LogP contribution is 2.36. The number of carboxylic acids is 1. The Morgan fingerprint density at radius 2 is 1.73 bits per heavy atom. The van der Waals surface area contributed by atoms with Crippen molar-refractivity contribution < 1.29 is 27.9 Å². The maximum Gasteiger partial charge on any atom is 0.417 e. The summed E-state index contributed by atoms with van der Waals surface area (Å²) in [5, 5.41) is 22.5. The van der Waals surface area contributed by atoms with Gasteiger partial charge in [0.15, 0.2) is 11.5 Å². The molecule has 0 atom stereocenters. The van der Waals surface area contributed by atoms with Gasteiger partial charge in [0, 0.05) is 29.2 Å². The number of aromatic carboxylic acids is 1. The van der Waals surface area contributed by atoms with Gasteiger partial charge in [-0.2, -0.15) is 18.3 Å². The summed E-state index contributed by atoms with van der Waals surface area (Å²) in [6.07, 6.45) is -3.15. The van der Waals surface area contributed by atoms with Crippen LogP contribution in [0.25, 0.3) is 11.4 Å². The first-order valence-corrected chi connectivity index (χ1v) is 10.8. The molecule has 0 fully saturated rings. The molecule has 4 aromatic rings. The molecule has 2 aromatic heterocycles. The Morgan fingerprint density at radius 1 is 1.03 bits per heavy atom. The fourth-order valence-electron chi connectivity index (χ4n) is 3.30. The van der Waals surface area contributed by atoms with Crippen molar-refractivity contribution in [3.05, 3.63) is 76.6 Å². The smallest absolute Gasteiger partial charge is 0.417 e. The highest BCUT2D eigenvalue weighted by Gasteiger charge is 2.33. The molecule has 37 heavy (non-hydrogen) atoms. The number of urea groups is 1. The second-order valence-corrected chi connectivity index (χ2v) is 8.07. The summed E-state index contributed by atoms with van der Waals surface area (Å²) in [5.41, 5.74) is 0.452. The number of hydrogen-bond donors (Lipinski definition) is 5. The van der Waals surface area contributed by atoms with Gasteiger partial charge in [0.2, 0.25) is 0 Å². The van der Waals surface area contributed by atoms with E-state index in [0.29, 0.717) is 34.3 Å². The zero-order valence-electron chi connectivity index (χ0n) is 18.8. The molecule has 0 radical (unpaired) electrons. The van der Waals surface area contributed by atoms with Crippen molar-refractivity contribution in [1.82, 2.24) is 20.2 Å². The number of H-pyrrole nitrogens is 1. The zero-order valence-corrected chi connectivity index (χ0v) is 19.6. The molecule has 5 N–H and O–H groups in total. The number of aromatic nitrogens is 4. The molecule has 10 nitrogen and oxygen atoms in total. The Balaban J connectivity index is 1.46. The Labute approximate surface area is 211 Å². The van der Waals surface area contributed by atoms with Gasteiger partial charge in [0.1, 0.15) is 11.6 Å². The van der Waals surface area contributed by atoms with Crippen LogP contribution >= 0.6 is 11.6 Å². The minimum atomic E-state index is -4.66. The molecule has 0 spiro atoms. The monoisotopic (exact) mass is 531 g/mol. The van der Waals surface area contributed by atoms with Gasteiger partial charge in [0.25, 0.3) is 0 Å². The predicted octanol–water partition coefficient (Wildman–Crippen LogP) is 5.93. The summed E-state index contributed by atoms with van der Waals surface area (Å²) in [7, 11) is 0. The summed E-state index contributed by atoms with van der Waals surface area (Å²) in [6, 6.07) is 10.1. The predicted molar refractivity (Wildman–Crippen MR) is 130 cm³/mol. The number of hydrogen-bond acceptors (Lipinski definition) is 6. The van der Waals surface area contributed by atoms with Crippen LogP contribution in [-0.4, -0.2) is 37.3 Å². The number of rotatable bonds is 6. The van der Waals surface area contributed by atoms with Crippen LogP contribution in [0.3, 0.4) is 0 Å². The molecule has 0 aliphatic rings. The van der Waals surface area contributed by atoms with Crippen LogP contribution in [0.1, 0.15) is 21.6 Å². The Bertz CT molecular complexity index is 1490. The lowest BCUT2D eigenvalue weighted by molar-refractivity contribution is -0.137. The number of carboxylic acid groups (broad SMARTS) is 1. The maximum atomic E-state index is 13.0. The molecule has 0 bridgehead atoms. The molecule has 0 saturated carbocycles. The fourth-order valence-corrected chi connectivity index (χ4v) is 3.52. The molecule has 4 rings (SSSR count). The van der Waals surface area contributed by atoms with Crippen molar-refractivity contribution in [2.75, 3.05) is 16.0 Å². The van der Waals surface area contributed by atoms with Crippen LogP contribution in [0.2, 0.25) is 5.02 Å². The van der Waals surface area contributed by atoms with Gasteiger partial charge >= 0.3 is 18.2 Å². The molecule has 14 heteroatoms. The van der Waals surface area contributed by atoms with Crippen molar-refractivity contribution in [2.24, 2.45) is 0 Å². The van der Waals surface area contributed by atoms with Gasteiger partial charge in [-0.3, -0.25) is 5.10 Å². The Hall–Kier alpha value is -4.65. The van der Waals surface area contributed by atoms with E-state index in [1.807, 2.05) is 0 Å². The van der Waals surface area contributed by atoms with Gasteiger partial charge in [-0.1, -0.05) is 11.6 Å². The number of anilines is 4. The standard InChI is InChI=1S/C23H17ClF3N7O3/c1-11-8-12(29-22(37)30-13-3-5-16(24)15(9-13)23(25,26)27)2-4-14(11)20-28-7-6-18(32-20)31-19-10-17(21(35)36)33-34-19/h2-10H,1H3,(H,35,36)(H2,29,30,37)(H2,28,31,32,33,34). The number of halogens is 4. The van der Waals surface area contributed by atoms with Crippen LogP contribution < -0.4 is 16.0 Å². The molecule has 0 aliphatic heterocycles. The minimum Gasteiger partial charge on any atom is -0.476 e. The van der Waals surface area contributed by atoms with Crippen molar-refractivity contribution in [3.63, 3.8) is 0 Å². The second kappa shape index (κ2) is 10.1. The highest BCUT2D eigenvalue weighted by molar-refractivity contribution is 6.31. The number of nitrogens with zero attached hydrogens (tertiary/aromatic N) is 3. The number of alkyl halides is 3. The van der Waals surface area contributed by atoms with Crippen LogP contribution in [0.5, 0.6) is 0 Å². The van der Waals surface area contributed by atoms with E-state index < -0.39 is 28.8 Å². The van der Waals surface area contributed by atoms with Gasteiger partial charge < -0.3 is 21.1 Å². The first-order chi connectivity index (χ1) is 17.5. The van der Waals surface area contributed by atoms with Crippen molar-refractivity contribution in [3.8, 4) is 11.4 Å². The number of aromatic amines is 1. The zero-order chi connectivity index (χ0) is 26.7. The van der Waals surface area contributed by atoms with E-state index in [1.54, 1.807) is 31.2 Å². The van der Waals surface area contributed by atoms with Crippen LogP contribution in [0.15, 0.2) is 54.7 Å². The van der Waals surface area contributed by atoms with Gasteiger partial charge in [-0.05, 0) is 55.0 Å². The molecular formula is C23H17ClF3N7O3.